The van der Waals surface area contributed by atoms with Crippen molar-refractivity contribution in [2.75, 3.05) is 19.3 Å². The van der Waals surface area contributed by atoms with Crippen LogP contribution in [0.25, 0.3) is 0 Å². The highest BCUT2D eigenvalue weighted by molar-refractivity contribution is 7.88. The van der Waals surface area contributed by atoms with E-state index in [-0.39, 0.29) is 0 Å². The molecule has 0 aromatic heterocycles. The zero-order valence-electron chi connectivity index (χ0n) is 12.1. The Kier molecular flexibility index (Phi) is 5.62. The molecule has 0 saturated heterocycles. The van der Waals surface area contributed by atoms with Gasteiger partial charge in [-0.1, -0.05) is 20.8 Å². The number of sulfonamides is 1. The second-order valence-electron chi connectivity index (χ2n) is 6.46. The minimum atomic E-state index is -3.03. The van der Waals surface area contributed by atoms with Crippen molar-refractivity contribution in [2.45, 2.75) is 52.5 Å². The van der Waals surface area contributed by atoms with Crippen molar-refractivity contribution < 1.29 is 8.42 Å². The van der Waals surface area contributed by atoms with Crippen LogP contribution < -0.4 is 10.0 Å². The van der Waals surface area contributed by atoms with Gasteiger partial charge in [0.1, 0.15) is 0 Å². The van der Waals surface area contributed by atoms with E-state index in [1.807, 2.05) is 0 Å². The monoisotopic (exact) mass is 276 g/mol. The largest absolute Gasteiger partial charge is 0.314 e. The minimum absolute atomic E-state index is 0.482. The lowest BCUT2D eigenvalue weighted by molar-refractivity contribution is 0.149. The molecule has 1 saturated carbocycles. The number of nitrogens with one attached hydrogen (secondary N) is 2. The fourth-order valence-electron chi connectivity index (χ4n) is 2.88. The standard InChI is InChI=1S/C13H28N2O2S/c1-11-10-13(2,3)7-6-12(11)14-8-5-9-15-18(4,16)17/h11-12,14-15H,5-10H2,1-4H3. The molecule has 0 heterocycles. The van der Waals surface area contributed by atoms with E-state index >= 15 is 0 Å². The zero-order valence-corrected chi connectivity index (χ0v) is 12.9. The Morgan fingerprint density at radius 1 is 1.28 bits per heavy atom. The second-order valence-corrected chi connectivity index (χ2v) is 8.30. The summed E-state index contributed by atoms with van der Waals surface area (Å²) in [5.74, 6) is 0.705. The molecule has 0 aromatic carbocycles. The molecule has 0 aliphatic heterocycles. The summed E-state index contributed by atoms with van der Waals surface area (Å²) < 4.78 is 24.3. The molecule has 18 heavy (non-hydrogen) atoms. The average Bonchev–Trinajstić information content (AvgIpc) is 2.18. The molecule has 1 fully saturated rings. The Labute approximate surface area is 112 Å². The van der Waals surface area contributed by atoms with Gasteiger partial charge in [0.2, 0.25) is 10.0 Å². The van der Waals surface area contributed by atoms with Crippen LogP contribution in [0, 0.1) is 11.3 Å². The Morgan fingerprint density at radius 3 is 2.50 bits per heavy atom. The summed E-state index contributed by atoms with van der Waals surface area (Å²) >= 11 is 0. The lowest BCUT2D eigenvalue weighted by Crippen LogP contribution is -2.42. The molecule has 2 unspecified atom stereocenters. The van der Waals surface area contributed by atoms with Gasteiger partial charge >= 0.3 is 0 Å². The van der Waals surface area contributed by atoms with E-state index in [9.17, 15) is 8.42 Å². The molecule has 0 aromatic rings. The van der Waals surface area contributed by atoms with Gasteiger partial charge in [-0.2, -0.15) is 0 Å². The van der Waals surface area contributed by atoms with Crippen molar-refractivity contribution in [3.63, 3.8) is 0 Å². The zero-order chi connectivity index (χ0) is 13.8. The maximum Gasteiger partial charge on any atom is 0.208 e. The maximum atomic E-state index is 10.9. The second kappa shape index (κ2) is 6.35. The van der Waals surface area contributed by atoms with Gasteiger partial charge in [0.05, 0.1) is 6.26 Å². The van der Waals surface area contributed by atoms with Gasteiger partial charge in [0.25, 0.3) is 0 Å². The summed E-state index contributed by atoms with van der Waals surface area (Å²) in [4.78, 5) is 0. The molecule has 0 bridgehead atoms. The Morgan fingerprint density at radius 2 is 1.94 bits per heavy atom. The van der Waals surface area contributed by atoms with Crippen molar-refractivity contribution in [2.24, 2.45) is 11.3 Å². The van der Waals surface area contributed by atoms with Crippen molar-refractivity contribution in [3.8, 4) is 0 Å². The molecule has 5 heteroatoms. The number of hydrogen-bond donors (Lipinski definition) is 2. The van der Waals surface area contributed by atoms with Gasteiger partial charge in [-0.3, -0.25) is 0 Å². The molecule has 4 nitrogen and oxygen atoms in total. The molecule has 0 amide bonds. The predicted molar refractivity (Wildman–Crippen MR) is 76.1 cm³/mol. The SMILES string of the molecule is CC1CC(C)(C)CCC1NCCCNS(C)(=O)=O. The molecular weight excluding hydrogens is 248 g/mol. The molecule has 2 N–H and O–H groups in total. The third-order valence-corrected chi connectivity index (χ3v) is 4.55. The van der Waals surface area contributed by atoms with Crippen molar-refractivity contribution in [1.29, 1.82) is 0 Å². The van der Waals surface area contributed by atoms with Crippen molar-refractivity contribution in [3.05, 3.63) is 0 Å². The van der Waals surface area contributed by atoms with Crippen LogP contribution in [0.3, 0.4) is 0 Å². The first-order chi connectivity index (χ1) is 8.20. The van der Waals surface area contributed by atoms with Gasteiger partial charge < -0.3 is 5.32 Å². The lowest BCUT2D eigenvalue weighted by Gasteiger charge is -2.39. The summed E-state index contributed by atoms with van der Waals surface area (Å²) in [6.45, 7) is 8.41. The number of rotatable bonds is 6. The molecule has 0 radical (unpaired) electrons. The van der Waals surface area contributed by atoms with E-state index in [2.05, 4.69) is 30.8 Å². The molecule has 1 aliphatic rings. The van der Waals surface area contributed by atoms with Crippen LogP contribution in [0.1, 0.15) is 46.5 Å². The highest BCUT2D eigenvalue weighted by Crippen LogP contribution is 2.38. The van der Waals surface area contributed by atoms with Crippen LogP contribution >= 0.6 is 0 Å². The molecule has 1 aliphatic carbocycles. The third kappa shape index (κ3) is 6.16. The fourth-order valence-corrected chi connectivity index (χ4v) is 3.40. The molecule has 108 valence electrons. The summed E-state index contributed by atoms with van der Waals surface area (Å²) in [6, 6.07) is 0.594. The van der Waals surface area contributed by atoms with E-state index in [1.165, 1.54) is 25.5 Å². The summed E-state index contributed by atoms with van der Waals surface area (Å²) in [7, 11) is -3.03. The maximum absolute atomic E-state index is 10.9. The van der Waals surface area contributed by atoms with Gasteiger partial charge in [0, 0.05) is 12.6 Å². The topological polar surface area (TPSA) is 58.2 Å². The lowest BCUT2D eigenvalue weighted by atomic mass is 9.70. The fraction of sp³-hybridized carbons (Fsp3) is 1.00. The third-order valence-electron chi connectivity index (χ3n) is 3.82. The van der Waals surface area contributed by atoms with Crippen LogP contribution in [0.15, 0.2) is 0 Å². The van der Waals surface area contributed by atoms with Crippen molar-refractivity contribution >= 4 is 10.0 Å². The summed E-state index contributed by atoms with van der Waals surface area (Å²) in [6.07, 6.45) is 5.82. The van der Waals surface area contributed by atoms with Gasteiger partial charge in [-0.25, -0.2) is 13.1 Å². The summed E-state index contributed by atoms with van der Waals surface area (Å²) in [5.41, 5.74) is 0.482. The van der Waals surface area contributed by atoms with Crippen LogP contribution in [0.5, 0.6) is 0 Å². The van der Waals surface area contributed by atoms with E-state index in [0.717, 1.165) is 13.0 Å². The normalized spacial score (nSPS) is 28.2. The summed E-state index contributed by atoms with van der Waals surface area (Å²) in [5, 5.41) is 3.56. The van der Waals surface area contributed by atoms with Gasteiger partial charge in [0.15, 0.2) is 0 Å². The van der Waals surface area contributed by atoms with Crippen LogP contribution in [0.2, 0.25) is 0 Å². The minimum Gasteiger partial charge on any atom is -0.314 e. The van der Waals surface area contributed by atoms with E-state index in [1.54, 1.807) is 0 Å². The Balaban J connectivity index is 2.17. The van der Waals surface area contributed by atoms with Crippen LogP contribution in [-0.4, -0.2) is 33.8 Å². The van der Waals surface area contributed by atoms with Gasteiger partial charge in [-0.05, 0) is 43.6 Å². The van der Waals surface area contributed by atoms with E-state index in [0.29, 0.717) is 23.9 Å². The smallest absolute Gasteiger partial charge is 0.208 e. The van der Waals surface area contributed by atoms with E-state index in [4.69, 9.17) is 0 Å². The molecule has 1 rings (SSSR count). The molecule has 0 spiro atoms. The molecular formula is C13H28N2O2S. The molecule has 2 atom stereocenters. The van der Waals surface area contributed by atoms with E-state index < -0.39 is 10.0 Å². The predicted octanol–water partition coefficient (Wildman–Crippen LogP) is 1.73. The first-order valence-corrected chi connectivity index (χ1v) is 8.77. The highest BCUT2D eigenvalue weighted by Gasteiger charge is 2.31. The van der Waals surface area contributed by atoms with Gasteiger partial charge in [-0.15, -0.1) is 0 Å². The van der Waals surface area contributed by atoms with Crippen LogP contribution in [-0.2, 0) is 10.0 Å². The Bertz CT molecular complexity index is 352. The Hall–Kier alpha value is -0.130. The van der Waals surface area contributed by atoms with Crippen LogP contribution in [0.4, 0.5) is 0 Å². The quantitative estimate of drug-likeness (QED) is 0.726. The first kappa shape index (κ1) is 15.9. The number of hydrogen-bond acceptors (Lipinski definition) is 3. The average molecular weight is 276 g/mol. The van der Waals surface area contributed by atoms with Crippen molar-refractivity contribution in [1.82, 2.24) is 10.0 Å². The first-order valence-electron chi connectivity index (χ1n) is 6.88. The highest BCUT2D eigenvalue weighted by atomic mass is 32.2.